The molecule has 0 saturated carbocycles. The molecule has 1 heterocycles. The molecule has 1 fully saturated rings. The van der Waals surface area contributed by atoms with Gasteiger partial charge in [0, 0.05) is 16.0 Å². The Morgan fingerprint density at radius 2 is 1.80 bits per heavy atom. The number of hydrogen-bond donors (Lipinski definition) is 1. The number of piperidine rings is 1. The minimum atomic E-state index is -0.537. The average molecular weight is 374 g/mol. The molecule has 2 aromatic carbocycles. The zero-order valence-corrected chi connectivity index (χ0v) is 15.8. The Kier molecular flexibility index (Phi) is 5.21. The Labute approximate surface area is 158 Å². The molecule has 1 aliphatic heterocycles. The molecule has 1 N–H and O–H groups in total. The number of halogens is 2. The van der Waals surface area contributed by atoms with Crippen molar-refractivity contribution in [2.24, 2.45) is 5.41 Å². The molecule has 25 heavy (non-hydrogen) atoms. The Morgan fingerprint density at radius 3 is 2.44 bits per heavy atom. The fraction of sp³-hybridized carbons (Fsp3) is 0.286. The Bertz CT molecular complexity index is 800. The monoisotopic (exact) mass is 373 g/mol. The predicted molar refractivity (Wildman–Crippen MR) is 104 cm³/mol. The van der Waals surface area contributed by atoms with E-state index in [0.717, 1.165) is 17.5 Å². The van der Waals surface area contributed by atoms with Crippen LogP contribution in [0.5, 0.6) is 0 Å². The third-order valence-corrected chi connectivity index (χ3v) is 5.38. The quantitative estimate of drug-likeness (QED) is 0.664. The molecule has 0 aliphatic carbocycles. The van der Waals surface area contributed by atoms with Crippen molar-refractivity contribution in [1.29, 1.82) is 0 Å². The molecule has 3 atom stereocenters. The summed E-state index contributed by atoms with van der Waals surface area (Å²) in [6.07, 6.45) is 4.64. The van der Waals surface area contributed by atoms with Gasteiger partial charge in [-0.2, -0.15) is 0 Å². The standard InChI is InChI=1S/C21H21Cl2NO/c1-3-11-21(2)13-18(15-5-4-6-17(23)12-15)19(24-20(21)25)14-7-9-16(22)10-8-14/h3-12,18-19H,13H2,1-2H3,(H,24,25)/t18-,19-,21-/m1/s1. The van der Waals surface area contributed by atoms with Gasteiger partial charge in [0.15, 0.2) is 0 Å². The van der Waals surface area contributed by atoms with Gasteiger partial charge in [0.1, 0.15) is 0 Å². The van der Waals surface area contributed by atoms with Gasteiger partial charge in [0.25, 0.3) is 0 Å². The van der Waals surface area contributed by atoms with E-state index in [-0.39, 0.29) is 17.9 Å². The fourth-order valence-electron chi connectivity index (χ4n) is 3.62. The summed E-state index contributed by atoms with van der Waals surface area (Å²) in [7, 11) is 0. The lowest BCUT2D eigenvalue weighted by atomic mass is 9.70. The minimum absolute atomic E-state index is 0.0452. The van der Waals surface area contributed by atoms with Gasteiger partial charge < -0.3 is 5.32 Å². The van der Waals surface area contributed by atoms with Crippen molar-refractivity contribution < 1.29 is 4.79 Å². The highest BCUT2D eigenvalue weighted by molar-refractivity contribution is 6.30. The third-order valence-electron chi connectivity index (χ3n) is 4.89. The number of amides is 1. The summed E-state index contributed by atoms with van der Waals surface area (Å²) in [6.45, 7) is 3.93. The molecule has 2 nitrogen and oxygen atoms in total. The summed E-state index contributed by atoms with van der Waals surface area (Å²) in [6, 6.07) is 15.5. The normalized spacial score (nSPS) is 26.6. The van der Waals surface area contributed by atoms with Crippen LogP contribution in [0.3, 0.4) is 0 Å². The number of rotatable bonds is 3. The molecule has 130 valence electrons. The predicted octanol–water partition coefficient (Wildman–Crippen LogP) is 5.92. The van der Waals surface area contributed by atoms with Crippen LogP contribution in [0.2, 0.25) is 10.0 Å². The first-order chi connectivity index (χ1) is 11.9. The maximum atomic E-state index is 12.8. The lowest BCUT2D eigenvalue weighted by Crippen LogP contribution is -2.48. The molecular weight excluding hydrogens is 353 g/mol. The zero-order valence-electron chi connectivity index (χ0n) is 14.3. The number of nitrogens with one attached hydrogen (secondary N) is 1. The van der Waals surface area contributed by atoms with Crippen molar-refractivity contribution in [2.45, 2.75) is 32.2 Å². The molecular formula is C21H21Cl2NO. The number of carbonyl (C=O) groups excluding carboxylic acids is 1. The van der Waals surface area contributed by atoms with Gasteiger partial charge in [-0.1, -0.05) is 59.6 Å². The number of carbonyl (C=O) groups is 1. The van der Waals surface area contributed by atoms with E-state index >= 15 is 0 Å². The second-order valence-corrected chi connectivity index (χ2v) is 7.66. The van der Waals surface area contributed by atoms with Gasteiger partial charge >= 0.3 is 0 Å². The van der Waals surface area contributed by atoms with Crippen LogP contribution in [0.1, 0.15) is 43.4 Å². The van der Waals surface area contributed by atoms with Gasteiger partial charge in [-0.15, -0.1) is 0 Å². The second kappa shape index (κ2) is 7.23. The number of allylic oxidation sites excluding steroid dienone is 1. The second-order valence-electron chi connectivity index (χ2n) is 6.79. The maximum Gasteiger partial charge on any atom is 0.230 e. The summed E-state index contributed by atoms with van der Waals surface area (Å²) >= 11 is 12.2. The van der Waals surface area contributed by atoms with E-state index < -0.39 is 5.41 Å². The van der Waals surface area contributed by atoms with E-state index in [1.165, 1.54) is 0 Å². The zero-order chi connectivity index (χ0) is 18.0. The van der Waals surface area contributed by atoms with E-state index in [9.17, 15) is 4.79 Å². The van der Waals surface area contributed by atoms with Crippen LogP contribution in [0.15, 0.2) is 60.7 Å². The van der Waals surface area contributed by atoms with Crippen molar-refractivity contribution in [2.75, 3.05) is 0 Å². The Morgan fingerprint density at radius 1 is 1.08 bits per heavy atom. The lowest BCUT2D eigenvalue weighted by Gasteiger charge is -2.41. The smallest absolute Gasteiger partial charge is 0.230 e. The first kappa shape index (κ1) is 18.0. The van der Waals surface area contributed by atoms with Crippen LogP contribution in [0, 0.1) is 5.41 Å². The van der Waals surface area contributed by atoms with Crippen LogP contribution in [0.4, 0.5) is 0 Å². The van der Waals surface area contributed by atoms with Gasteiger partial charge in [0.05, 0.1) is 11.5 Å². The molecule has 1 saturated heterocycles. The lowest BCUT2D eigenvalue weighted by molar-refractivity contribution is -0.131. The van der Waals surface area contributed by atoms with Crippen LogP contribution >= 0.6 is 23.2 Å². The molecule has 0 aromatic heterocycles. The number of benzene rings is 2. The van der Waals surface area contributed by atoms with Crippen molar-refractivity contribution >= 4 is 29.1 Å². The van der Waals surface area contributed by atoms with Crippen LogP contribution in [-0.2, 0) is 4.79 Å². The summed E-state index contributed by atoms with van der Waals surface area (Å²) in [5.41, 5.74) is 1.64. The largest absolute Gasteiger partial charge is 0.348 e. The first-order valence-corrected chi connectivity index (χ1v) is 9.14. The van der Waals surface area contributed by atoms with Crippen LogP contribution in [0.25, 0.3) is 0 Å². The first-order valence-electron chi connectivity index (χ1n) is 8.39. The summed E-state index contributed by atoms with van der Waals surface area (Å²) in [4.78, 5) is 12.8. The highest BCUT2D eigenvalue weighted by Gasteiger charge is 2.43. The topological polar surface area (TPSA) is 29.1 Å². The average Bonchev–Trinajstić information content (AvgIpc) is 2.58. The van der Waals surface area contributed by atoms with E-state index in [1.54, 1.807) is 0 Å². The van der Waals surface area contributed by atoms with Crippen molar-refractivity contribution in [3.05, 3.63) is 81.9 Å². The van der Waals surface area contributed by atoms with Crippen molar-refractivity contribution in [1.82, 2.24) is 5.32 Å². The van der Waals surface area contributed by atoms with Crippen LogP contribution < -0.4 is 5.32 Å². The third kappa shape index (κ3) is 3.75. The molecule has 1 aliphatic rings. The molecule has 1 amide bonds. The minimum Gasteiger partial charge on any atom is -0.348 e. The van der Waals surface area contributed by atoms with E-state index in [1.807, 2.05) is 68.5 Å². The highest BCUT2D eigenvalue weighted by Crippen LogP contribution is 2.45. The highest BCUT2D eigenvalue weighted by atomic mass is 35.5. The molecule has 0 unspecified atom stereocenters. The van der Waals surface area contributed by atoms with Gasteiger partial charge in [0.2, 0.25) is 5.91 Å². The molecule has 0 spiro atoms. The summed E-state index contributed by atoms with van der Waals surface area (Å²) < 4.78 is 0. The molecule has 3 rings (SSSR count). The van der Waals surface area contributed by atoms with E-state index in [4.69, 9.17) is 23.2 Å². The Hall–Kier alpha value is -1.77. The SMILES string of the molecule is CC=C[C@]1(C)C[C@H](c2cccc(Cl)c2)[C@@H](c2ccc(Cl)cc2)NC1=O. The van der Waals surface area contributed by atoms with Gasteiger partial charge in [-0.3, -0.25) is 4.79 Å². The summed E-state index contributed by atoms with van der Waals surface area (Å²) in [5, 5.41) is 4.61. The van der Waals surface area contributed by atoms with Gasteiger partial charge in [-0.05, 0) is 55.7 Å². The fourth-order valence-corrected chi connectivity index (χ4v) is 3.94. The van der Waals surface area contributed by atoms with E-state index in [0.29, 0.717) is 10.0 Å². The van der Waals surface area contributed by atoms with Crippen molar-refractivity contribution in [3.63, 3.8) is 0 Å². The van der Waals surface area contributed by atoms with Crippen molar-refractivity contribution in [3.8, 4) is 0 Å². The molecule has 0 radical (unpaired) electrons. The maximum absolute atomic E-state index is 12.8. The number of hydrogen-bond acceptors (Lipinski definition) is 1. The Balaban J connectivity index is 2.05. The van der Waals surface area contributed by atoms with Crippen LogP contribution in [-0.4, -0.2) is 5.91 Å². The van der Waals surface area contributed by atoms with E-state index in [2.05, 4.69) is 11.4 Å². The van der Waals surface area contributed by atoms with Gasteiger partial charge in [-0.25, -0.2) is 0 Å². The molecule has 2 aromatic rings. The molecule has 0 bridgehead atoms. The molecule has 4 heteroatoms. The summed E-state index contributed by atoms with van der Waals surface area (Å²) in [5.74, 6) is 0.169.